The Kier molecular flexibility index (Phi) is 8.20. The van der Waals surface area contributed by atoms with Crippen LogP contribution in [-0.2, 0) is 22.4 Å². The highest BCUT2D eigenvalue weighted by Crippen LogP contribution is 2.34. The van der Waals surface area contributed by atoms with E-state index < -0.39 is 0 Å². The lowest BCUT2D eigenvalue weighted by Crippen LogP contribution is -2.23. The van der Waals surface area contributed by atoms with Gasteiger partial charge < -0.3 is 0 Å². The lowest BCUT2D eigenvalue weighted by atomic mass is 9.80. The maximum absolute atomic E-state index is 13.7. The van der Waals surface area contributed by atoms with E-state index in [1.54, 1.807) is 50.3 Å². The second-order valence-corrected chi connectivity index (χ2v) is 11.1. The smallest absolute Gasteiger partial charge is 0.190 e. The molecule has 0 aromatic heterocycles. The average Bonchev–Trinajstić information content (AvgIpc) is 3.00. The van der Waals surface area contributed by atoms with E-state index in [9.17, 15) is 19.2 Å². The second-order valence-electron chi connectivity index (χ2n) is 10.7. The van der Waals surface area contributed by atoms with E-state index >= 15 is 0 Å². The van der Waals surface area contributed by atoms with E-state index in [1.165, 1.54) is 0 Å². The number of allylic oxidation sites excluding steroid dienone is 8. The summed E-state index contributed by atoms with van der Waals surface area (Å²) in [5.41, 5.74) is 7.19. The third-order valence-electron chi connectivity index (χ3n) is 8.11. The van der Waals surface area contributed by atoms with Crippen molar-refractivity contribution in [1.82, 2.24) is 0 Å². The molecule has 5 heteroatoms. The summed E-state index contributed by atoms with van der Waals surface area (Å²) in [6.07, 6.45) is 4.66. The number of hydrogen-bond donors (Lipinski definition) is 0. The van der Waals surface area contributed by atoms with Crippen LogP contribution in [0.2, 0.25) is 5.02 Å². The molecule has 0 N–H and O–H groups in total. The molecule has 0 saturated carbocycles. The summed E-state index contributed by atoms with van der Waals surface area (Å²) in [6, 6.07) is 20.4. The molecule has 0 fully saturated rings. The molecule has 2 aliphatic carbocycles. The molecule has 0 atom stereocenters. The van der Waals surface area contributed by atoms with Gasteiger partial charge in [-0.2, -0.15) is 0 Å². The predicted molar refractivity (Wildman–Crippen MR) is 167 cm³/mol. The van der Waals surface area contributed by atoms with Crippen molar-refractivity contribution in [2.24, 2.45) is 0 Å². The van der Waals surface area contributed by atoms with Gasteiger partial charge in [0.2, 0.25) is 0 Å². The topological polar surface area (TPSA) is 68.3 Å². The number of carbonyl (C=O) groups is 4. The van der Waals surface area contributed by atoms with Crippen LogP contribution in [0.25, 0.3) is 11.1 Å². The van der Waals surface area contributed by atoms with Gasteiger partial charge in [-0.15, -0.1) is 0 Å². The Morgan fingerprint density at radius 2 is 1.29 bits per heavy atom. The van der Waals surface area contributed by atoms with Gasteiger partial charge in [0.25, 0.3) is 0 Å². The highest BCUT2D eigenvalue weighted by Gasteiger charge is 2.31. The second kappa shape index (κ2) is 11.8. The maximum Gasteiger partial charge on any atom is 0.190 e. The normalized spacial score (nSPS) is 15.8. The van der Waals surface area contributed by atoms with E-state index in [1.807, 2.05) is 56.3 Å². The Hall–Kier alpha value is -4.41. The third-order valence-corrected chi connectivity index (χ3v) is 8.36. The molecule has 0 amide bonds. The zero-order chi connectivity index (χ0) is 30.1. The molecule has 210 valence electrons. The van der Waals surface area contributed by atoms with Crippen molar-refractivity contribution >= 4 is 34.7 Å². The Labute approximate surface area is 251 Å². The quantitative estimate of drug-likeness (QED) is 0.266. The van der Waals surface area contributed by atoms with Crippen molar-refractivity contribution < 1.29 is 19.2 Å². The Morgan fingerprint density at radius 3 is 1.98 bits per heavy atom. The lowest BCUT2D eigenvalue weighted by Gasteiger charge is -2.21. The standard InChI is InChI=1S/C37H31ClO4/c1-5-8-29-28(6-2)36(41)32(22(4)34(29)39)19-24-9-7-10-25(17-24)26-13-16-30-33(20-26)37(42)31(21(3)35(30)40)18-23-11-14-27(38)15-12-23/h5,7-17,20H,6,18-19H2,1-4H3/b8-5-. The molecule has 4 nitrogen and oxygen atoms in total. The van der Waals surface area contributed by atoms with Crippen molar-refractivity contribution in [3.05, 3.63) is 140 Å². The van der Waals surface area contributed by atoms with Gasteiger partial charge in [-0.3, -0.25) is 19.2 Å². The Bertz CT molecular complexity index is 1800. The fraction of sp³-hybridized carbons (Fsp3) is 0.189. The van der Waals surface area contributed by atoms with Crippen molar-refractivity contribution in [3.8, 4) is 11.1 Å². The van der Waals surface area contributed by atoms with Crippen LogP contribution in [0.1, 0.15) is 66.0 Å². The lowest BCUT2D eigenvalue weighted by molar-refractivity contribution is -0.116. The third kappa shape index (κ3) is 5.31. The molecule has 0 spiro atoms. The van der Waals surface area contributed by atoms with Crippen LogP contribution >= 0.6 is 11.6 Å². The first-order valence-electron chi connectivity index (χ1n) is 14.1. The van der Waals surface area contributed by atoms with E-state index in [-0.39, 0.29) is 23.1 Å². The summed E-state index contributed by atoms with van der Waals surface area (Å²) in [5, 5.41) is 0.610. The number of rotatable bonds is 7. The highest BCUT2D eigenvalue weighted by atomic mass is 35.5. The molecule has 0 bridgehead atoms. The zero-order valence-corrected chi connectivity index (χ0v) is 24.9. The average molecular weight is 575 g/mol. The van der Waals surface area contributed by atoms with Crippen molar-refractivity contribution in [1.29, 1.82) is 0 Å². The van der Waals surface area contributed by atoms with Crippen molar-refractivity contribution in [2.75, 3.05) is 0 Å². The van der Waals surface area contributed by atoms with Gasteiger partial charge in [0.15, 0.2) is 23.1 Å². The summed E-state index contributed by atoms with van der Waals surface area (Å²) in [7, 11) is 0. The summed E-state index contributed by atoms with van der Waals surface area (Å²) in [6.45, 7) is 7.15. The minimum atomic E-state index is -0.155. The monoisotopic (exact) mass is 574 g/mol. The number of Topliss-reactive ketones (excluding diaryl/α,β-unsaturated/α-hetero) is 4. The molecule has 0 saturated heterocycles. The van der Waals surface area contributed by atoms with Crippen LogP contribution in [0.5, 0.6) is 0 Å². The number of ketones is 4. The number of hydrogen-bond acceptors (Lipinski definition) is 4. The van der Waals surface area contributed by atoms with Crippen LogP contribution < -0.4 is 0 Å². The molecular weight excluding hydrogens is 544 g/mol. The molecule has 0 radical (unpaired) electrons. The van der Waals surface area contributed by atoms with Gasteiger partial charge in [0, 0.05) is 62.4 Å². The van der Waals surface area contributed by atoms with Crippen molar-refractivity contribution in [3.63, 3.8) is 0 Å². The first kappa shape index (κ1) is 29.1. The van der Waals surface area contributed by atoms with Crippen LogP contribution in [0.3, 0.4) is 0 Å². The van der Waals surface area contributed by atoms with E-state index in [4.69, 9.17) is 11.6 Å². The van der Waals surface area contributed by atoms with Gasteiger partial charge in [0.1, 0.15) is 0 Å². The van der Waals surface area contributed by atoms with Crippen LogP contribution in [-0.4, -0.2) is 23.1 Å². The Balaban J connectivity index is 1.46. The van der Waals surface area contributed by atoms with Crippen LogP contribution in [0.15, 0.2) is 112 Å². The molecule has 0 unspecified atom stereocenters. The molecule has 3 aromatic carbocycles. The van der Waals surface area contributed by atoms with E-state index in [0.29, 0.717) is 68.9 Å². The SMILES string of the molecule is C/C=C\C1=C(CC)C(=O)C(Cc2cccc(-c3ccc4c(c3)C(=O)C(Cc3ccc(Cl)cc3)=C(C)C4=O)c2)=C(C)C1=O. The van der Waals surface area contributed by atoms with Gasteiger partial charge in [-0.05, 0) is 73.7 Å². The molecule has 3 aromatic rings. The highest BCUT2D eigenvalue weighted by molar-refractivity contribution is 6.30. The first-order valence-corrected chi connectivity index (χ1v) is 14.4. The van der Waals surface area contributed by atoms with Crippen LogP contribution in [0.4, 0.5) is 0 Å². The summed E-state index contributed by atoms with van der Waals surface area (Å²) in [5.74, 6) is -0.487. The van der Waals surface area contributed by atoms with Gasteiger partial charge in [-0.25, -0.2) is 0 Å². The van der Waals surface area contributed by atoms with Gasteiger partial charge in [0.05, 0.1) is 0 Å². The minimum Gasteiger partial charge on any atom is -0.289 e. The number of carbonyl (C=O) groups excluding carboxylic acids is 4. The zero-order valence-electron chi connectivity index (χ0n) is 24.1. The summed E-state index contributed by atoms with van der Waals surface area (Å²) in [4.78, 5) is 53.4. The number of benzene rings is 3. The van der Waals surface area contributed by atoms with Crippen LogP contribution in [0, 0.1) is 0 Å². The maximum atomic E-state index is 13.7. The van der Waals surface area contributed by atoms with Gasteiger partial charge >= 0.3 is 0 Å². The molecule has 2 aliphatic rings. The summed E-state index contributed by atoms with van der Waals surface area (Å²) < 4.78 is 0. The fourth-order valence-corrected chi connectivity index (χ4v) is 5.85. The Morgan fingerprint density at radius 1 is 0.643 bits per heavy atom. The molecule has 42 heavy (non-hydrogen) atoms. The largest absolute Gasteiger partial charge is 0.289 e. The number of fused-ring (bicyclic) bond motifs is 1. The minimum absolute atomic E-state index is 0.0821. The first-order chi connectivity index (χ1) is 20.1. The molecule has 0 heterocycles. The molecule has 0 aliphatic heterocycles. The predicted octanol–water partition coefficient (Wildman–Crippen LogP) is 8.24. The summed E-state index contributed by atoms with van der Waals surface area (Å²) >= 11 is 6.02. The fourth-order valence-electron chi connectivity index (χ4n) is 5.72. The molecule has 5 rings (SSSR count). The van der Waals surface area contributed by atoms with Crippen molar-refractivity contribution in [2.45, 2.75) is 47.0 Å². The van der Waals surface area contributed by atoms with Gasteiger partial charge in [-0.1, -0.05) is 73.1 Å². The van der Waals surface area contributed by atoms with E-state index in [0.717, 1.165) is 22.3 Å². The van der Waals surface area contributed by atoms with E-state index in [2.05, 4.69) is 0 Å². The number of halogens is 1. The molecular formula is C37H31ClO4.